The summed E-state index contributed by atoms with van der Waals surface area (Å²) in [6.45, 7) is 6.58. The molecule has 1 heterocycles. The minimum Gasteiger partial charge on any atom is -0.446 e. The smallest absolute Gasteiger partial charge is 0.410 e. The summed E-state index contributed by atoms with van der Waals surface area (Å²) in [4.78, 5) is 41.8. The third-order valence-electron chi connectivity index (χ3n) is 14.4. The van der Waals surface area contributed by atoms with E-state index in [2.05, 4.69) is 30.6 Å². The van der Waals surface area contributed by atoms with Crippen LogP contribution in [0.25, 0.3) is 0 Å². The van der Waals surface area contributed by atoms with Crippen LogP contribution in [0.2, 0.25) is 0 Å². The maximum absolute atomic E-state index is 13.8. The molecule has 1 saturated heterocycles. The molecule has 4 fully saturated rings. The first-order valence-corrected chi connectivity index (χ1v) is 23.1. The number of nitrogens with zero attached hydrogens (tertiary/aromatic N) is 1. The van der Waals surface area contributed by atoms with Gasteiger partial charge in [0.25, 0.3) is 0 Å². The van der Waals surface area contributed by atoms with E-state index >= 15 is 0 Å². The van der Waals surface area contributed by atoms with Crippen LogP contribution in [0.1, 0.15) is 136 Å². The number of carbonyl (C=O) groups excluding carboxylic acids is 3. The van der Waals surface area contributed by atoms with Gasteiger partial charge in [-0.1, -0.05) is 57.6 Å². The third-order valence-corrected chi connectivity index (χ3v) is 14.4. The summed E-state index contributed by atoms with van der Waals surface area (Å²) in [5.74, 6) is 5.16. The second-order valence-electron chi connectivity index (χ2n) is 18.6. The van der Waals surface area contributed by atoms with Gasteiger partial charge in [0.05, 0.1) is 24.7 Å². The Labute approximate surface area is 344 Å². The first-order chi connectivity index (χ1) is 27.7. The molecular weight excluding hydrogens is 723 g/mol. The summed E-state index contributed by atoms with van der Waals surface area (Å²) >= 11 is 0. The quantitative estimate of drug-likeness (QED) is 0.0717. The zero-order valence-electron chi connectivity index (χ0n) is 36.1. The molecule has 57 heavy (non-hydrogen) atoms. The first kappa shape index (κ1) is 45.9. The number of fused-ring (bicyclic) bond motifs is 5. The van der Waals surface area contributed by atoms with Crippen molar-refractivity contribution in [2.24, 2.45) is 47.3 Å². The summed E-state index contributed by atoms with van der Waals surface area (Å²) in [5, 5.41) is 15.3. The van der Waals surface area contributed by atoms with Crippen LogP contribution in [-0.4, -0.2) is 106 Å². The van der Waals surface area contributed by atoms with Crippen molar-refractivity contribution in [3.05, 3.63) is 11.6 Å². The molecule has 11 nitrogen and oxygen atoms in total. The van der Waals surface area contributed by atoms with Crippen LogP contribution in [0.4, 0.5) is 4.79 Å². The average molecular weight is 802 g/mol. The number of aliphatic hydroxyl groups is 1. The zero-order chi connectivity index (χ0) is 40.6. The van der Waals surface area contributed by atoms with E-state index in [1.165, 1.54) is 68.3 Å². The van der Waals surface area contributed by atoms with Crippen LogP contribution in [0, 0.1) is 47.3 Å². The molecule has 0 radical (unpaired) electrons. The van der Waals surface area contributed by atoms with Gasteiger partial charge in [-0.15, -0.1) is 0 Å². The van der Waals surface area contributed by atoms with E-state index < -0.39 is 6.09 Å². The Balaban J connectivity index is 1.14. The Morgan fingerprint density at radius 2 is 1.70 bits per heavy atom. The van der Waals surface area contributed by atoms with E-state index in [0.29, 0.717) is 44.9 Å². The number of carbonyl (C=O) groups is 3. The Morgan fingerprint density at radius 3 is 2.46 bits per heavy atom. The molecule has 0 aromatic rings. The number of amides is 3. The molecule has 5 aliphatic rings. The van der Waals surface area contributed by atoms with Gasteiger partial charge in [0.2, 0.25) is 11.8 Å². The van der Waals surface area contributed by atoms with Gasteiger partial charge in [0, 0.05) is 53.5 Å². The second-order valence-corrected chi connectivity index (χ2v) is 18.6. The normalized spacial score (nSPS) is 29.3. The highest BCUT2D eigenvalue weighted by Gasteiger charge is 2.50. The number of ether oxygens (including phenoxy) is 4. The van der Waals surface area contributed by atoms with Crippen molar-refractivity contribution in [2.45, 2.75) is 154 Å². The summed E-state index contributed by atoms with van der Waals surface area (Å²) in [7, 11) is 3.17. The number of rotatable bonds is 23. The number of unbranched alkanes of at least 4 members (excludes halogenated alkanes) is 2. The third kappa shape index (κ3) is 13.7. The summed E-state index contributed by atoms with van der Waals surface area (Å²) in [5.41, 5.74) is 1.49. The molecule has 0 spiro atoms. The molecule has 11 heteroatoms. The van der Waals surface area contributed by atoms with Crippen molar-refractivity contribution in [3.63, 3.8) is 0 Å². The van der Waals surface area contributed by atoms with Gasteiger partial charge in [0.1, 0.15) is 12.6 Å². The van der Waals surface area contributed by atoms with Crippen molar-refractivity contribution in [1.29, 1.82) is 0 Å². The van der Waals surface area contributed by atoms with Crippen molar-refractivity contribution >= 4 is 17.9 Å². The van der Waals surface area contributed by atoms with E-state index in [0.717, 1.165) is 80.5 Å². The summed E-state index contributed by atoms with van der Waals surface area (Å²) in [6, 6.07) is 0. The number of hydrogen-bond acceptors (Lipinski definition) is 8. The lowest BCUT2D eigenvalue weighted by molar-refractivity contribution is -0.132. The monoisotopic (exact) mass is 802 g/mol. The molecule has 10 atom stereocenters. The molecule has 0 aromatic carbocycles. The average Bonchev–Trinajstić information content (AvgIpc) is 3.64. The lowest BCUT2D eigenvalue weighted by Gasteiger charge is -2.49. The molecule has 1 aliphatic heterocycles. The maximum atomic E-state index is 13.8. The standard InChI is InChI=1S/C46H79N3O8/c1-32(2)12-5-6-13-33-16-19-39-37(33)22-23-40-38-21-18-35(28-34(38)17-20-41(39)40)57-46(53)49(30-44(51)48-29-36(55-4)31-54-3)25-11-24-47-45(52)42(14-7-9-26-50)43-15-8-10-27-56-43/h17,32-33,35-43,50H,5-16,18-31H2,1-4H3,(H,47,52)(H,48,51). The van der Waals surface area contributed by atoms with E-state index in [4.69, 9.17) is 18.9 Å². The van der Waals surface area contributed by atoms with Gasteiger partial charge in [-0.2, -0.15) is 0 Å². The highest BCUT2D eigenvalue weighted by Crippen LogP contribution is 2.58. The Bertz CT molecular complexity index is 1260. The number of allylic oxidation sites excluding steroid dienone is 1. The molecule has 10 unspecified atom stereocenters. The van der Waals surface area contributed by atoms with Crippen LogP contribution in [-0.2, 0) is 28.5 Å². The van der Waals surface area contributed by atoms with E-state index in [9.17, 15) is 19.5 Å². The molecular formula is C46H79N3O8. The summed E-state index contributed by atoms with van der Waals surface area (Å²) < 4.78 is 22.8. The zero-order valence-corrected chi connectivity index (χ0v) is 36.1. The van der Waals surface area contributed by atoms with Gasteiger partial charge in [-0.25, -0.2) is 4.79 Å². The van der Waals surface area contributed by atoms with Crippen molar-refractivity contribution in [2.75, 3.05) is 60.2 Å². The van der Waals surface area contributed by atoms with Crippen LogP contribution >= 0.6 is 0 Å². The fraction of sp³-hybridized carbons (Fsp3) is 0.891. The van der Waals surface area contributed by atoms with Gasteiger partial charge in [-0.3, -0.25) is 14.5 Å². The SMILES string of the molecule is COCC(CNC(=O)CN(CCCNC(=O)C(CCCCO)C1CCCCO1)C(=O)OC1CCC2C(=CCC3C2CCC2C(CCCCC(C)C)CCC23)C1)OC. The Morgan fingerprint density at radius 1 is 0.895 bits per heavy atom. The topological polar surface area (TPSA) is 136 Å². The molecule has 326 valence electrons. The Kier molecular flexibility index (Phi) is 19.4. The summed E-state index contributed by atoms with van der Waals surface area (Å²) in [6.07, 6.45) is 22.0. The molecule has 0 bridgehead atoms. The second kappa shape index (κ2) is 24.1. The predicted octanol–water partition coefficient (Wildman–Crippen LogP) is 7.44. The van der Waals surface area contributed by atoms with Gasteiger partial charge in [0.15, 0.2) is 0 Å². The fourth-order valence-corrected chi connectivity index (χ4v) is 11.4. The van der Waals surface area contributed by atoms with E-state index in [1.54, 1.807) is 14.2 Å². The maximum Gasteiger partial charge on any atom is 0.410 e. The predicted molar refractivity (Wildman–Crippen MR) is 222 cm³/mol. The number of aliphatic hydroxyl groups excluding tert-OH is 1. The van der Waals surface area contributed by atoms with Gasteiger partial charge < -0.3 is 34.7 Å². The number of nitrogens with one attached hydrogen (secondary N) is 2. The van der Waals surface area contributed by atoms with E-state index in [-0.39, 0.29) is 62.3 Å². The molecule has 4 aliphatic carbocycles. The fourth-order valence-electron chi connectivity index (χ4n) is 11.4. The lowest BCUT2D eigenvalue weighted by Crippen LogP contribution is -2.46. The van der Waals surface area contributed by atoms with Crippen LogP contribution in [0.15, 0.2) is 11.6 Å². The minimum absolute atomic E-state index is 0.0476. The molecule has 3 amide bonds. The van der Waals surface area contributed by atoms with E-state index in [1.807, 2.05) is 0 Å². The Hall–Kier alpha value is -2.21. The van der Waals surface area contributed by atoms with Crippen molar-refractivity contribution in [3.8, 4) is 0 Å². The highest BCUT2D eigenvalue weighted by atomic mass is 16.6. The van der Waals surface area contributed by atoms with Crippen LogP contribution in [0.3, 0.4) is 0 Å². The number of methoxy groups -OCH3 is 2. The van der Waals surface area contributed by atoms with Gasteiger partial charge >= 0.3 is 6.09 Å². The van der Waals surface area contributed by atoms with Crippen LogP contribution in [0.5, 0.6) is 0 Å². The lowest BCUT2D eigenvalue weighted by atomic mass is 9.56. The molecule has 5 rings (SSSR count). The molecule has 3 N–H and O–H groups in total. The number of hydrogen-bond donors (Lipinski definition) is 3. The molecule has 0 aromatic heterocycles. The van der Waals surface area contributed by atoms with Crippen molar-refractivity contribution in [1.82, 2.24) is 15.5 Å². The first-order valence-electron chi connectivity index (χ1n) is 23.1. The minimum atomic E-state index is -0.474. The largest absolute Gasteiger partial charge is 0.446 e. The molecule has 3 saturated carbocycles. The van der Waals surface area contributed by atoms with Crippen LogP contribution < -0.4 is 10.6 Å². The van der Waals surface area contributed by atoms with Gasteiger partial charge in [-0.05, 0) is 125 Å². The highest BCUT2D eigenvalue weighted by molar-refractivity contribution is 5.82. The van der Waals surface area contributed by atoms with Crippen molar-refractivity contribution < 1.29 is 38.4 Å².